The molecule has 2 N–H and O–H groups in total. The van der Waals surface area contributed by atoms with Crippen molar-refractivity contribution in [1.29, 1.82) is 0 Å². The van der Waals surface area contributed by atoms with Crippen LogP contribution in [0.15, 0.2) is 72.8 Å². The number of ether oxygens (including phenoxy) is 7. The lowest BCUT2D eigenvalue weighted by molar-refractivity contribution is -0.288. The van der Waals surface area contributed by atoms with Crippen LogP contribution in [0.5, 0.6) is 5.75 Å². The van der Waals surface area contributed by atoms with Crippen LogP contribution in [0.3, 0.4) is 0 Å². The molecule has 2 aliphatic rings. The zero-order chi connectivity index (χ0) is 38.2. The number of carbonyl (C=O) groups excluding carboxylic acids is 5. The molecule has 0 spiro atoms. The van der Waals surface area contributed by atoms with Gasteiger partial charge in [0, 0.05) is 40.0 Å². The lowest BCUT2D eigenvalue weighted by Gasteiger charge is -2.43. The molecular formula is C38H39NO14. The fraction of sp³-hybridized carbons (Fsp3) is 0.368. The van der Waals surface area contributed by atoms with Gasteiger partial charge in [-0.15, -0.1) is 0 Å². The Morgan fingerprint density at radius 3 is 1.77 bits per heavy atom. The number of amides is 1. The van der Waals surface area contributed by atoms with Crippen LogP contribution in [0.25, 0.3) is 11.1 Å². The summed E-state index contributed by atoms with van der Waals surface area (Å²) < 4.78 is 38.8. The SMILES string of the molecule is CC(=O)OCC1O[C@@H](Oc2ccc(C[C@H](NC(=O)OCC3c4ccccc4-c4ccccc43)C(=O)O)cc2)[C@@H](OC(C)=O)C(OC(C)=O)[C@@H]1OC(C)=O. The molecule has 53 heavy (non-hydrogen) atoms. The summed E-state index contributed by atoms with van der Waals surface area (Å²) in [7, 11) is 0. The van der Waals surface area contributed by atoms with Crippen LogP contribution in [0.1, 0.15) is 50.3 Å². The lowest BCUT2D eigenvalue weighted by Crippen LogP contribution is -2.63. The molecule has 5 rings (SSSR count). The Labute approximate surface area is 304 Å². The Kier molecular flexibility index (Phi) is 12.3. The van der Waals surface area contributed by atoms with Crippen molar-refractivity contribution >= 4 is 35.9 Å². The first-order valence-electron chi connectivity index (χ1n) is 16.7. The van der Waals surface area contributed by atoms with E-state index in [0.717, 1.165) is 49.9 Å². The Morgan fingerprint density at radius 1 is 0.679 bits per heavy atom. The van der Waals surface area contributed by atoms with Crippen molar-refractivity contribution in [3.8, 4) is 16.9 Å². The summed E-state index contributed by atoms with van der Waals surface area (Å²) in [5, 5.41) is 12.3. The Hall–Kier alpha value is -5.96. The van der Waals surface area contributed by atoms with Gasteiger partial charge in [-0.3, -0.25) is 19.2 Å². The molecule has 3 aromatic rings. The van der Waals surface area contributed by atoms with Crippen molar-refractivity contribution in [3.63, 3.8) is 0 Å². The number of carboxylic acids is 1. The first kappa shape index (κ1) is 38.3. The number of esters is 4. The summed E-state index contributed by atoms with van der Waals surface area (Å²) in [5.41, 5.74) is 4.65. The lowest BCUT2D eigenvalue weighted by atomic mass is 9.98. The van der Waals surface area contributed by atoms with E-state index >= 15 is 0 Å². The molecule has 1 amide bonds. The van der Waals surface area contributed by atoms with Gasteiger partial charge in [-0.25, -0.2) is 9.59 Å². The van der Waals surface area contributed by atoms with Gasteiger partial charge in [0.05, 0.1) is 0 Å². The van der Waals surface area contributed by atoms with E-state index in [9.17, 15) is 33.9 Å². The van der Waals surface area contributed by atoms with E-state index in [4.69, 9.17) is 33.2 Å². The number of aliphatic carboxylic acids is 1. The van der Waals surface area contributed by atoms with Gasteiger partial charge in [0.2, 0.25) is 12.4 Å². The van der Waals surface area contributed by atoms with E-state index < -0.39 is 79.3 Å². The number of alkyl carbamates (subject to hydrolysis) is 1. The third-order valence-corrected chi connectivity index (χ3v) is 8.50. The zero-order valence-corrected chi connectivity index (χ0v) is 29.3. The summed E-state index contributed by atoms with van der Waals surface area (Å²) >= 11 is 0. The first-order chi connectivity index (χ1) is 25.3. The number of rotatable bonds is 13. The maximum Gasteiger partial charge on any atom is 0.407 e. The van der Waals surface area contributed by atoms with Gasteiger partial charge < -0.3 is 43.6 Å². The van der Waals surface area contributed by atoms with Crippen LogP contribution in [-0.4, -0.2) is 91.0 Å². The number of carboxylic acid groups (broad SMARTS) is 1. The summed E-state index contributed by atoms with van der Waals surface area (Å²) in [5.74, 6) is -4.34. The predicted octanol–water partition coefficient (Wildman–Crippen LogP) is 3.68. The molecule has 6 atom stereocenters. The minimum absolute atomic E-state index is 0.0114. The molecule has 15 heteroatoms. The first-order valence-corrected chi connectivity index (χ1v) is 16.7. The molecule has 0 aromatic heterocycles. The zero-order valence-electron chi connectivity index (χ0n) is 29.3. The Bertz CT molecular complexity index is 1800. The maximum absolute atomic E-state index is 12.8. The van der Waals surface area contributed by atoms with Crippen LogP contribution in [0.4, 0.5) is 4.79 Å². The van der Waals surface area contributed by atoms with Gasteiger partial charge in [-0.1, -0.05) is 60.7 Å². The molecule has 1 aliphatic heterocycles. The van der Waals surface area contributed by atoms with Crippen molar-refractivity contribution in [2.45, 2.75) is 76.8 Å². The van der Waals surface area contributed by atoms with Crippen LogP contribution in [0, 0.1) is 0 Å². The average molecular weight is 734 g/mol. The number of benzene rings is 3. The second kappa shape index (κ2) is 17.0. The minimum Gasteiger partial charge on any atom is -0.480 e. The van der Waals surface area contributed by atoms with Crippen LogP contribution in [-0.2, 0) is 58.8 Å². The van der Waals surface area contributed by atoms with E-state index in [-0.39, 0.29) is 24.7 Å². The molecule has 2 unspecified atom stereocenters. The second-order valence-corrected chi connectivity index (χ2v) is 12.4. The van der Waals surface area contributed by atoms with Crippen LogP contribution < -0.4 is 10.1 Å². The van der Waals surface area contributed by atoms with E-state index in [2.05, 4.69) is 5.32 Å². The van der Waals surface area contributed by atoms with Crippen molar-refractivity contribution in [3.05, 3.63) is 89.5 Å². The highest BCUT2D eigenvalue weighted by Crippen LogP contribution is 2.44. The second-order valence-electron chi connectivity index (χ2n) is 12.4. The number of carbonyl (C=O) groups is 6. The topological polar surface area (TPSA) is 199 Å². The highest BCUT2D eigenvalue weighted by molar-refractivity contribution is 5.81. The van der Waals surface area contributed by atoms with Gasteiger partial charge in [-0.05, 0) is 39.9 Å². The number of fused-ring (bicyclic) bond motifs is 3. The molecule has 0 bridgehead atoms. The summed E-state index contributed by atoms with van der Waals surface area (Å²) in [6, 6.07) is 20.4. The molecule has 15 nitrogen and oxygen atoms in total. The van der Waals surface area contributed by atoms with Gasteiger partial charge in [0.25, 0.3) is 0 Å². The normalized spacial score (nSPS) is 20.8. The predicted molar refractivity (Wildman–Crippen MR) is 182 cm³/mol. The molecule has 280 valence electrons. The maximum atomic E-state index is 12.8. The third-order valence-electron chi connectivity index (χ3n) is 8.50. The fourth-order valence-electron chi connectivity index (χ4n) is 6.34. The van der Waals surface area contributed by atoms with Crippen LogP contribution in [0.2, 0.25) is 0 Å². The monoisotopic (exact) mass is 733 g/mol. The number of hydrogen-bond donors (Lipinski definition) is 2. The molecule has 1 fully saturated rings. The van der Waals surface area contributed by atoms with Crippen LogP contribution >= 0.6 is 0 Å². The molecular weight excluding hydrogens is 694 g/mol. The van der Waals surface area contributed by atoms with Gasteiger partial charge in [0.15, 0.2) is 12.2 Å². The third kappa shape index (κ3) is 9.68. The standard InChI is InChI=1S/C38H39NO14/c1-20(40)47-19-32-33(49-21(2)41)34(50-22(3)42)35(51-23(4)43)37(53-32)52-25-15-13-24(14-16-25)17-31(36(44)45)39-38(46)48-18-30-28-11-7-5-9-26(28)27-10-6-8-12-29(27)30/h5-16,30-35,37H,17-19H2,1-4H3,(H,39,46)(H,44,45)/t31-,32?,33+,34?,35-,37+/m0/s1. The van der Waals surface area contributed by atoms with Crippen molar-refractivity contribution in [2.75, 3.05) is 13.2 Å². The van der Waals surface area contributed by atoms with Gasteiger partial charge in [-0.2, -0.15) is 0 Å². The smallest absolute Gasteiger partial charge is 0.407 e. The quantitative estimate of drug-likeness (QED) is 0.190. The average Bonchev–Trinajstić information content (AvgIpc) is 3.42. The van der Waals surface area contributed by atoms with Gasteiger partial charge >= 0.3 is 35.9 Å². The molecule has 3 aromatic carbocycles. The number of nitrogens with one attached hydrogen (secondary N) is 1. The van der Waals surface area contributed by atoms with E-state index in [0.29, 0.717) is 5.56 Å². The molecule has 1 heterocycles. The molecule has 0 saturated carbocycles. The van der Waals surface area contributed by atoms with E-state index in [1.54, 1.807) is 12.1 Å². The summed E-state index contributed by atoms with van der Waals surface area (Å²) in [6.45, 7) is 4.07. The van der Waals surface area contributed by atoms with Crippen molar-refractivity contribution in [2.24, 2.45) is 0 Å². The van der Waals surface area contributed by atoms with Crippen molar-refractivity contribution in [1.82, 2.24) is 5.32 Å². The number of hydrogen-bond acceptors (Lipinski definition) is 13. The molecule has 1 saturated heterocycles. The Balaban J connectivity index is 1.26. The fourth-order valence-corrected chi connectivity index (χ4v) is 6.34. The molecule has 0 radical (unpaired) electrons. The summed E-state index contributed by atoms with van der Waals surface area (Å²) in [6.07, 6.45) is -7.86. The summed E-state index contributed by atoms with van der Waals surface area (Å²) in [4.78, 5) is 72.8. The Morgan fingerprint density at radius 2 is 1.23 bits per heavy atom. The molecule has 1 aliphatic carbocycles. The highest BCUT2D eigenvalue weighted by Gasteiger charge is 2.53. The van der Waals surface area contributed by atoms with Gasteiger partial charge in [0.1, 0.15) is 31.1 Å². The largest absolute Gasteiger partial charge is 0.480 e. The minimum atomic E-state index is -1.46. The van der Waals surface area contributed by atoms with Crippen molar-refractivity contribution < 1.29 is 67.0 Å². The van der Waals surface area contributed by atoms with E-state index in [1.807, 2.05) is 48.5 Å². The van der Waals surface area contributed by atoms with E-state index in [1.165, 1.54) is 12.1 Å². The highest BCUT2D eigenvalue weighted by atomic mass is 16.7.